The number of morpholine rings is 1. The van der Waals surface area contributed by atoms with E-state index in [9.17, 15) is 4.79 Å². The van der Waals surface area contributed by atoms with Crippen LogP contribution >= 0.6 is 0 Å². The highest BCUT2D eigenvalue weighted by molar-refractivity contribution is 5.75. The number of aromatic nitrogens is 1. The molecule has 0 aromatic carbocycles. The summed E-state index contributed by atoms with van der Waals surface area (Å²) in [5.41, 5.74) is 1.12. The van der Waals surface area contributed by atoms with Gasteiger partial charge in [-0.1, -0.05) is 0 Å². The topological polar surface area (TPSA) is 54.9 Å². The van der Waals surface area contributed by atoms with Gasteiger partial charge in [0, 0.05) is 32.0 Å². The summed E-state index contributed by atoms with van der Waals surface area (Å²) in [5.74, 6) is 0. The van der Waals surface area contributed by atoms with E-state index in [2.05, 4.69) is 4.98 Å². The predicted molar refractivity (Wildman–Crippen MR) is 88.5 cm³/mol. The molecule has 130 valence electrons. The number of carbonyl (C=O) groups is 1. The number of urea groups is 1. The molecule has 2 saturated heterocycles. The molecule has 3 heterocycles. The molecule has 0 unspecified atom stereocenters. The van der Waals surface area contributed by atoms with Gasteiger partial charge < -0.3 is 19.3 Å². The van der Waals surface area contributed by atoms with Crippen LogP contribution in [0.5, 0.6) is 0 Å². The van der Waals surface area contributed by atoms with Crippen LogP contribution in [0.15, 0.2) is 24.5 Å². The van der Waals surface area contributed by atoms with Crippen molar-refractivity contribution < 1.29 is 14.3 Å². The fraction of sp³-hybridized carbons (Fsp3) is 0.667. The lowest BCUT2D eigenvalue weighted by molar-refractivity contribution is -0.108. The van der Waals surface area contributed by atoms with Crippen molar-refractivity contribution in [2.75, 3.05) is 26.2 Å². The Balaban J connectivity index is 1.38. The fourth-order valence-electron chi connectivity index (χ4n) is 4.10. The van der Waals surface area contributed by atoms with E-state index < -0.39 is 0 Å². The van der Waals surface area contributed by atoms with Gasteiger partial charge in [-0.2, -0.15) is 0 Å². The highest BCUT2D eigenvalue weighted by Gasteiger charge is 2.46. The molecule has 0 radical (unpaired) electrons. The predicted octanol–water partition coefficient (Wildman–Crippen LogP) is 2.05. The lowest BCUT2D eigenvalue weighted by atomic mass is 10.1. The molecule has 3 fully saturated rings. The highest BCUT2D eigenvalue weighted by Crippen LogP contribution is 2.33. The zero-order valence-electron chi connectivity index (χ0n) is 14.0. The summed E-state index contributed by atoms with van der Waals surface area (Å²) < 4.78 is 12.1. The van der Waals surface area contributed by atoms with Gasteiger partial charge in [0.2, 0.25) is 0 Å². The van der Waals surface area contributed by atoms with Gasteiger partial charge in [0.25, 0.3) is 0 Å². The first kappa shape index (κ1) is 15.8. The molecule has 4 rings (SSSR count). The van der Waals surface area contributed by atoms with Gasteiger partial charge in [0.05, 0.1) is 25.4 Å². The first-order valence-electron chi connectivity index (χ1n) is 9.00. The van der Waals surface area contributed by atoms with Crippen LogP contribution in [0, 0.1) is 0 Å². The minimum absolute atomic E-state index is 0.00661. The van der Waals surface area contributed by atoms with Gasteiger partial charge in [-0.25, -0.2) is 4.79 Å². The van der Waals surface area contributed by atoms with Gasteiger partial charge in [0.15, 0.2) is 0 Å². The van der Waals surface area contributed by atoms with Crippen molar-refractivity contribution >= 4 is 6.03 Å². The van der Waals surface area contributed by atoms with Crippen molar-refractivity contribution in [2.45, 2.75) is 50.5 Å². The molecule has 1 aliphatic carbocycles. The number of carbonyl (C=O) groups excluding carboxylic acids is 1. The summed E-state index contributed by atoms with van der Waals surface area (Å²) in [6.07, 6.45) is 7.80. The van der Waals surface area contributed by atoms with Gasteiger partial charge in [-0.15, -0.1) is 0 Å². The Morgan fingerprint density at radius 2 is 2.00 bits per heavy atom. The number of likely N-dealkylation sites (tertiary alicyclic amines) is 1. The Kier molecular flexibility index (Phi) is 4.67. The molecule has 24 heavy (non-hydrogen) atoms. The van der Waals surface area contributed by atoms with Crippen LogP contribution in [-0.2, 0) is 16.1 Å². The fourth-order valence-corrected chi connectivity index (χ4v) is 4.10. The largest absolute Gasteiger partial charge is 0.372 e. The minimum Gasteiger partial charge on any atom is -0.372 e. The molecule has 0 spiro atoms. The zero-order chi connectivity index (χ0) is 16.4. The first-order chi connectivity index (χ1) is 11.8. The molecular formula is C18H25N3O3. The van der Waals surface area contributed by atoms with E-state index >= 15 is 0 Å². The summed E-state index contributed by atoms with van der Waals surface area (Å²) in [5, 5.41) is 0. The van der Waals surface area contributed by atoms with E-state index in [1.165, 1.54) is 0 Å². The number of ether oxygens (including phenoxy) is 2. The third-order valence-electron chi connectivity index (χ3n) is 5.37. The maximum Gasteiger partial charge on any atom is 0.320 e. The van der Waals surface area contributed by atoms with E-state index in [0.29, 0.717) is 19.8 Å². The van der Waals surface area contributed by atoms with Gasteiger partial charge >= 0.3 is 6.03 Å². The normalized spacial score (nSPS) is 29.8. The molecule has 6 nitrogen and oxygen atoms in total. The maximum absolute atomic E-state index is 12.8. The second-order valence-electron chi connectivity index (χ2n) is 6.86. The highest BCUT2D eigenvalue weighted by atomic mass is 16.5. The summed E-state index contributed by atoms with van der Waals surface area (Å²) in [4.78, 5) is 20.8. The number of pyridine rings is 1. The molecule has 2 aliphatic heterocycles. The van der Waals surface area contributed by atoms with Crippen LogP contribution in [0.25, 0.3) is 0 Å². The number of amides is 2. The lowest BCUT2D eigenvalue weighted by Gasteiger charge is -2.40. The number of fused-ring (bicyclic) bond motifs is 1. The van der Waals surface area contributed by atoms with E-state index in [4.69, 9.17) is 9.47 Å². The number of hydrogen-bond donors (Lipinski definition) is 0. The number of hydrogen-bond acceptors (Lipinski definition) is 4. The van der Waals surface area contributed by atoms with Crippen molar-refractivity contribution in [3.63, 3.8) is 0 Å². The Morgan fingerprint density at radius 1 is 1.21 bits per heavy atom. The summed E-state index contributed by atoms with van der Waals surface area (Å²) >= 11 is 0. The summed E-state index contributed by atoms with van der Waals surface area (Å²) in [7, 11) is 0. The maximum atomic E-state index is 12.8. The molecule has 0 bridgehead atoms. The smallest absolute Gasteiger partial charge is 0.320 e. The number of rotatable bonds is 3. The average molecular weight is 331 g/mol. The van der Waals surface area contributed by atoms with Crippen LogP contribution in [0.3, 0.4) is 0 Å². The van der Waals surface area contributed by atoms with Crippen molar-refractivity contribution in [3.05, 3.63) is 30.1 Å². The lowest BCUT2D eigenvalue weighted by Crippen LogP contribution is -2.56. The van der Waals surface area contributed by atoms with Crippen LogP contribution in [-0.4, -0.2) is 65.3 Å². The quantitative estimate of drug-likeness (QED) is 0.851. The van der Waals surface area contributed by atoms with Crippen molar-refractivity contribution in [1.29, 1.82) is 0 Å². The van der Waals surface area contributed by atoms with E-state index in [1.54, 1.807) is 12.4 Å². The van der Waals surface area contributed by atoms with E-state index in [1.807, 2.05) is 21.9 Å². The Labute approximate surface area is 142 Å². The monoisotopic (exact) mass is 331 g/mol. The number of nitrogens with zero attached hydrogens (tertiary/aromatic N) is 3. The van der Waals surface area contributed by atoms with Crippen LogP contribution in [0.4, 0.5) is 4.79 Å². The van der Waals surface area contributed by atoms with Crippen LogP contribution in [0.1, 0.15) is 31.2 Å². The average Bonchev–Trinajstić information content (AvgIpc) is 3.30. The molecule has 3 atom stereocenters. The molecule has 6 heteroatoms. The Morgan fingerprint density at radius 3 is 2.79 bits per heavy atom. The Hall–Kier alpha value is -1.66. The SMILES string of the molecule is O=C(N1CCCC1)N1CCO[C@@H]2[C@@H](OCc3ccncc3)CC[C@@H]21. The molecule has 0 N–H and O–H groups in total. The molecule has 1 aromatic heterocycles. The first-order valence-corrected chi connectivity index (χ1v) is 9.00. The van der Waals surface area contributed by atoms with Crippen LogP contribution < -0.4 is 0 Å². The van der Waals surface area contributed by atoms with Crippen LogP contribution in [0.2, 0.25) is 0 Å². The standard InChI is InChI=1S/C18H25N3O3/c22-18(20-9-1-2-10-20)21-11-12-23-17-15(21)3-4-16(17)24-13-14-5-7-19-8-6-14/h5-8,15-17H,1-4,9-13H2/t15-,16-,17-/m0/s1. The summed E-state index contributed by atoms with van der Waals surface area (Å²) in [6.45, 7) is 3.67. The minimum atomic E-state index is 0.00661. The second kappa shape index (κ2) is 7.07. The van der Waals surface area contributed by atoms with Crippen molar-refractivity contribution in [3.8, 4) is 0 Å². The molecule has 3 aliphatic rings. The zero-order valence-corrected chi connectivity index (χ0v) is 14.0. The Bertz CT molecular complexity index is 562. The van der Waals surface area contributed by atoms with Gasteiger partial charge in [-0.05, 0) is 43.4 Å². The molecule has 1 saturated carbocycles. The van der Waals surface area contributed by atoms with Crippen molar-refractivity contribution in [1.82, 2.24) is 14.8 Å². The molecule has 1 aromatic rings. The third kappa shape index (κ3) is 3.13. The second-order valence-corrected chi connectivity index (χ2v) is 6.86. The van der Waals surface area contributed by atoms with Gasteiger partial charge in [-0.3, -0.25) is 4.98 Å². The van der Waals surface area contributed by atoms with Gasteiger partial charge in [0.1, 0.15) is 6.10 Å². The third-order valence-corrected chi connectivity index (χ3v) is 5.37. The summed E-state index contributed by atoms with van der Waals surface area (Å²) in [6, 6.07) is 4.30. The molecular weight excluding hydrogens is 306 g/mol. The van der Waals surface area contributed by atoms with Crippen molar-refractivity contribution in [2.24, 2.45) is 0 Å². The molecule has 2 amide bonds. The van der Waals surface area contributed by atoms with E-state index in [-0.39, 0.29) is 24.3 Å². The van der Waals surface area contributed by atoms with E-state index in [0.717, 1.165) is 44.3 Å².